The van der Waals surface area contributed by atoms with Crippen LogP contribution in [0.2, 0.25) is 0 Å². The number of likely N-dealkylation sites (tertiary alicyclic amines) is 1. The number of benzene rings is 2. The van der Waals surface area contributed by atoms with Crippen LogP contribution in [0.1, 0.15) is 67.7 Å². The van der Waals surface area contributed by atoms with Gasteiger partial charge in [0, 0.05) is 40.7 Å². The molecule has 196 valence electrons. The Balaban J connectivity index is 1.56. The predicted molar refractivity (Wildman–Crippen MR) is 144 cm³/mol. The van der Waals surface area contributed by atoms with Gasteiger partial charge >= 0.3 is 0 Å². The van der Waals surface area contributed by atoms with E-state index in [0.717, 1.165) is 25.9 Å². The normalized spacial score (nSPS) is 14.4. The number of carbonyl (C=O) groups is 2. The maximum atomic E-state index is 12.9. The van der Waals surface area contributed by atoms with Gasteiger partial charge in [-0.15, -0.1) is 0 Å². The van der Waals surface area contributed by atoms with E-state index in [1.54, 1.807) is 42.5 Å². The van der Waals surface area contributed by atoms with Gasteiger partial charge in [0.05, 0.1) is 19.8 Å². The molecule has 7 heteroatoms. The molecular weight excluding hydrogens is 454 g/mol. The molecule has 1 aliphatic heterocycles. The largest absolute Gasteiger partial charge is 0.493 e. The molecule has 2 aromatic rings. The van der Waals surface area contributed by atoms with E-state index < -0.39 is 0 Å². The van der Waals surface area contributed by atoms with Crippen LogP contribution in [0.5, 0.6) is 5.75 Å². The highest BCUT2D eigenvalue weighted by Gasteiger charge is 2.23. The second-order valence-electron chi connectivity index (χ2n) is 11.2. The van der Waals surface area contributed by atoms with Crippen molar-refractivity contribution in [3.8, 4) is 5.75 Å². The van der Waals surface area contributed by atoms with E-state index in [4.69, 9.17) is 15.2 Å². The van der Waals surface area contributed by atoms with Gasteiger partial charge in [0.1, 0.15) is 5.75 Å². The molecule has 7 nitrogen and oxygen atoms in total. The summed E-state index contributed by atoms with van der Waals surface area (Å²) in [5, 5.41) is 2.91. The van der Waals surface area contributed by atoms with Crippen LogP contribution in [-0.4, -0.2) is 56.2 Å². The summed E-state index contributed by atoms with van der Waals surface area (Å²) in [7, 11) is 0. The molecule has 0 aromatic heterocycles. The monoisotopic (exact) mass is 495 g/mol. The van der Waals surface area contributed by atoms with Gasteiger partial charge in [-0.1, -0.05) is 39.8 Å². The van der Waals surface area contributed by atoms with Crippen molar-refractivity contribution in [2.24, 2.45) is 16.6 Å². The van der Waals surface area contributed by atoms with E-state index in [2.05, 4.69) is 33.0 Å². The maximum Gasteiger partial charge on any atom is 0.255 e. The molecule has 0 aliphatic carbocycles. The second-order valence-corrected chi connectivity index (χ2v) is 11.2. The number of nitrogens with one attached hydrogen (secondary N) is 1. The van der Waals surface area contributed by atoms with Crippen molar-refractivity contribution in [3.05, 3.63) is 59.7 Å². The first kappa shape index (κ1) is 27.7. The highest BCUT2D eigenvalue weighted by molar-refractivity contribution is 6.05. The third-order valence-electron chi connectivity index (χ3n) is 6.27. The number of anilines is 1. The smallest absolute Gasteiger partial charge is 0.255 e. The molecule has 0 bridgehead atoms. The van der Waals surface area contributed by atoms with Gasteiger partial charge < -0.3 is 25.4 Å². The molecule has 0 spiro atoms. The van der Waals surface area contributed by atoms with Crippen molar-refractivity contribution in [2.75, 3.05) is 44.8 Å². The average Bonchev–Trinajstić information content (AvgIpc) is 2.88. The van der Waals surface area contributed by atoms with Crippen molar-refractivity contribution >= 4 is 17.5 Å². The average molecular weight is 496 g/mol. The fourth-order valence-electron chi connectivity index (χ4n) is 3.92. The Bertz CT molecular complexity index is 1030. The molecule has 36 heavy (non-hydrogen) atoms. The first-order chi connectivity index (χ1) is 17.1. The van der Waals surface area contributed by atoms with Gasteiger partial charge in [-0.2, -0.15) is 0 Å². The van der Waals surface area contributed by atoms with E-state index in [1.165, 1.54) is 6.42 Å². The lowest BCUT2D eigenvalue weighted by Gasteiger charge is -2.28. The number of nitrogens with zero attached hydrogens (tertiary/aromatic N) is 1. The van der Waals surface area contributed by atoms with Crippen LogP contribution >= 0.6 is 0 Å². The molecule has 2 amide bonds. The van der Waals surface area contributed by atoms with E-state index >= 15 is 0 Å². The molecular formula is C29H41N3O4. The molecule has 1 saturated heterocycles. The number of amides is 2. The predicted octanol–water partition coefficient (Wildman–Crippen LogP) is 4.97. The third kappa shape index (κ3) is 8.35. The third-order valence-corrected chi connectivity index (χ3v) is 6.27. The number of nitrogens with two attached hydrogens (primary N) is 1. The molecule has 0 saturated carbocycles. The van der Waals surface area contributed by atoms with Crippen LogP contribution in [0.25, 0.3) is 0 Å². The van der Waals surface area contributed by atoms with Gasteiger partial charge in [-0.05, 0) is 62.2 Å². The molecule has 0 radical (unpaired) electrons. The molecule has 3 N–H and O–H groups in total. The standard InChI is InChI=1S/C29H41N3O4/c1-28(2,18-30)19-35-20-29(3,4)21-36-25-13-9-10-22(17-25)26(33)31-24-12-8-11-23(16-24)27(34)32-14-6-5-7-15-32/h8-13,16-17H,5-7,14-15,18-21,30H2,1-4H3,(H,31,33). The molecule has 0 unspecified atom stereocenters. The van der Waals surface area contributed by atoms with Crippen molar-refractivity contribution in [1.82, 2.24) is 4.90 Å². The van der Waals surface area contributed by atoms with Crippen LogP contribution in [-0.2, 0) is 4.74 Å². The lowest BCUT2D eigenvalue weighted by molar-refractivity contribution is 0.00103. The number of ether oxygens (including phenoxy) is 2. The van der Waals surface area contributed by atoms with E-state index in [9.17, 15) is 9.59 Å². The van der Waals surface area contributed by atoms with Crippen molar-refractivity contribution in [3.63, 3.8) is 0 Å². The number of hydrogen-bond donors (Lipinski definition) is 2. The number of carbonyl (C=O) groups excluding carboxylic acids is 2. The van der Waals surface area contributed by atoms with Gasteiger partial charge in [0.25, 0.3) is 11.8 Å². The van der Waals surface area contributed by atoms with Gasteiger partial charge in [0.15, 0.2) is 0 Å². The summed E-state index contributed by atoms with van der Waals surface area (Å²) >= 11 is 0. The number of rotatable bonds is 11. The van der Waals surface area contributed by atoms with Gasteiger partial charge in [0.2, 0.25) is 0 Å². The van der Waals surface area contributed by atoms with Crippen molar-refractivity contribution in [1.29, 1.82) is 0 Å². The Hall–Kier alpha value is -2.90. The Kier molecular flexibility index (Phi) is 9.51. The van der Waals surface area contributed by atoms with Crippen molar-refractivity contribution in [2.45, 2.75) is 47.0 Å². The molecule has 1 heterocycles. The quantitative estimate of drug-likeness (QED) is 0.459. The lowest BCUT2D eigenvalue weighted by Crippen LogP contribution is -2.35. The van der Waals surface area contributed by atoms with Crippen LogP contribution in [0.4, 0.5) is 5.69 Å². The minimum absolute atomic E-state index is 0.0133. The van der Waals surface area contributed by atoms with Gasteiger partial charge in [-0.3, -0.25) is 9.59 Å². The number of hydrogen-bond acceptors (Lipinski definition) is 5. The Morgan fingerprint density at radius 3 is 2.28 bits per heavy atom. The summed E-state index contributed by atoms with van der Waals surface area (Å²) in [4.78, 5) is 27.6. The van der Waals surface area contributed by atoms with E-state index in [1.807, 2.05) is 11.0 Å². The molecule has 3 rings (SSSR count). The Morgan fingerprint density at radius 2 is 1.56 bits per heavy atom. The minimum atomic E-state index is -0.255. The lowest BCUT2D eigenvalue weighted by atomic mass is 9.94. The topological polar surface area (TPSA) is 93.9 Å². The van der Waals surface area contributed by atoms with Crippen LogP contribution in [0.3, 0.4) is 0 Å². The summed E-state index contributed by atoms with van der Waals surface area (Å²) in [5.74, 6) is 0.376. The van der Waals surface area contributed by atoms with Crippen LogP contribution in [0, 0.1) is 10.8 Å². The highest BCUT2D eigenvalue weighted by Crippen LogP contribution is 2.23. The maximum absolute atomic E-state index is 12.9. The zero-order valence-corrected chi connectivity index (χ0v) is 22.1. The Morgan fingerprint density at radius 1 is 0.889 bits per heavy atom. The Labute approximate surface area is 215 Å². The summed E-state index contributed by atoms with van der Waals surface area (Å²) in [6.45, 7) is 12.0. The van der Waals surface area contributed by atoms with Crippen molar-refractivity contribution < 1.29 is 19.1 Å². The van der Waals surface area contributed by atoms with Crippen LogP contribution in [0.15, 0.2) is 48.5 Å². The zero-order chi connectivity index (χ0) is 26.2. The summed E-state index contributed by atoms with van der Waals surface area (Å²) < 4.78 is 11.9. The summed E-state index contributed by atoms with van der Waals surface area (Å²) in [6.07, 6.45) is 3.25. The summed E-state index contributed by atoms with van der Waals surface area (Å²) in [6, 6.07) is 14.2. The zero-order valence-electron chi connectivity index (χ0n) is 22.1. The molecule has 0 atom stereocenters. The summed E-state index contributed by atoms with van der Waals surface area (Å²) in [5.41, 5.74) is 7.18. The fourth-order valence-corrected chi connectivity index (χ4v) is 3.92. The molecule has 2 aromatic carbocycles. The molecule has 1 fully saturated rings. The van der Waals surface area contributed by atoms with E-state index in [0.29, 0.717) is 48.9 Å². The first-order valence-corrected chi connectivity index (χ1v) is 12.8. The SMILES string of the molecule is CC(C)(CN)COCC(C)(C)COc1cccc(C(=O)Nc2cccc(C(=O)N3CCCCC3)c2)c1. The fraction of sp³-hybridized carbons (Fsp3) is 0.517. The number of piperidine rings is 1. The first-order valence-electron chi connectivity index (χ1n) is 12.8. The van der Waals surface area contributed by atoms with Crippen LogP contribution < -0.4 is 15.8 Å². The minimum Gasteiger partial charge on any atom is -0.493 e. The second kappa shape index (κ2) is 12.4. The van der Waals surface area contributed by atoms with Gasteiger partial charge in [-0.25, -0.2) is 0 Å². The van der Waals surface area contributed by atoms with E-state index in [-0.39, 0.29) is 22.6 Å². The molecule has 1 aliphatic rings. The highest BCUT2D eigenvalue weighted by atomic mass is 16.5.